The van der Waals surface area contributed by atoms with Gasteiger partial charge in [0.15, 0.2) is 0 Å². The molecule has 82 valence electrons. The molecule has 3 nitrogen and oxygen atoms in total. The number of carbonyl (C=O) groups is 2. The molecule has 4 aliphatic rings. The van der Waals surface area contributed by atoms with Crippen LogP contribution < -0.4 is 0 Å². The van der Waals surface area contributed by atoms with E-state index in [2.05, 4.69) is 31.9 Å². The second kappa shape index (κ2) is 3.29. The third-order valence-corrected chi connectivity index (χ3v) is 7.22. The molecule has 15 heavy (non-hydrogen) atoms. The highest BCUT2D eigenvalue weighted by Crippen LogP contribution is 2.56. The molecule has 0 N–H and O–H groups in total. The zero-order valence-electron chi connectivity index (χ0n) is 7.86. The normalized spacial score (nSPS) is 52.9. The largest absolute Gasteiger partial charge is 0.393 e. The second-order valence-corrected chi connectivity index (χ2v) is 6.70. The lowest BCUT2D eigenvalue weighted by Gasteiger charge is -2.48. The maximum Gasteiger partial charge on any atom is 0.317 e. The van der Waals surface area contributed by atoms with Crippen molar-refractivity contribution >= 4 is 43.8 Å². The first-order valence-electron chi connectivity index (χ1n) is 5.15. The molecule has 3 saturated carbocycles. The number of rotatable bonds is 0. The van der Waals surface area contributed by atoms with E-state index in [4.69, 9.17) is 4.74 Å². The third-order valence-electron chi connectivity index (χ3n) is 4.01. The number of hydrogen-bond donors (Lipinski definition) is 0. The van der Waals surface area contributed by atoms with E-state index in [0.29, 0.717) is 0 Å². The molecule has 1 heterocycles. The van der Waals surface area contributed by atoms with Crippen molar-refractivity contribution < 1.29 is 14.3 Å². The SMILES string of the molecule is O=C1OC(=O)[C@@H]2[C@H]3CC[C@@H]([C@H](Br)[C@H]3Br)[C@@H]12. The van der Waals surface area contributed by atoms with E-state index in [1.165, 1.54) is 0 Å². The summed E-state index contributed by atoms with van der Waals surface area (Å²) in [5, 5.41) is 0. The predicted octanol–water partition coefficient (Wildman–Crippen LogP) is 1.87. The van der Waals surface area contributed by atoms with Gasteiger partial charge in [-0.2, -0.15) is 0 Å². The maximum absolute atomic E-state index is 11.6. The summed E-state index contributed by atoms with van der Waals surface area (Å²) in [5.41, 5.74) is 0. The molecule has 4 rings (SSSR count). The van der Waals surface area contributed by atoms with Gasteiger partial charge in [-0.15, -0.1) is 0 Å². The number of halogens is 2. The van der Waals surface area contributed by atoms with E-state index >= 15 is 0 Å². The van der Waals surface area contributed by atoms with Crippen molar-refractivity contribution in [1.29, 1.82) is 0 Å². The maximum atomic E-state index is 11.6. The lowest BCUT2D eigenvalue weighted by molar-refractivity contribution is -0.154. The van der Waals surface area contributed by atoms with Gasteiger partial charge >= 0.3 is 11.9 Å². The Balaban J connectivity index is 2.03. The lowest BCUT2D eigenvalue weighted by Crippen LogP contribution is -2.53. The fraction of sp³-hybridized carbons (Fsp3) is 0.800. The standard InChI is InChI=1S/C10H10Br2O3/c11-7-3-1-2-4(8(7)12)6-5(3)9(13)15-10(6)14/h3-8H,1-2H2/t3-,4-,5-,6-,7+,8+/m1/s1. The molecule has 0 aromatic rings. The van der Waals surface area contributed by atoms with Crippen LogP contribution >= 0.6 is 31.9 Å². The Labute approximate surface area is 104 Å². The monoisotopic (exact) mass is 336 g/mol. The molecule has 5 heteroatoms. The molecule has 0 aromatic carbocycles. The first kappa shape index (κ1) is 10.3. The minimum absolute atomic E-state index is 0.186. The number of esters is 2. The van der Waals surface area contributed by atoms with E-state index in [0.717, 1.165) is 12.8 Å². The van der Waals surface area contributed by atoms with Crippen LogP contribution in [0.5, 0.6) is 0 Å². The van der Waals surface area contributed by atoms with Crippen molar-refractivity contribution in [2.45, 2.75) is 22.5 Å². The van der Waals surface area contributed by atoms with Gasteiger partial charge in [0.25, 0.3) is 0 Å². The molecule has 6 atom stereocenters. The molecule has 0 amide bonds. The average molecular weight is 338 g/mol. The van der Waals surface area contributed by atoms with Gasteiger partial charge in [-0.1, -0.05) is 31.9 Å². The summed E-state index contributed by atoms with van der Waals surface area (Å²) in [5.74, 6) is -0.470. The molecule has 4 fully saturated rings. The van der Waals surface area contributed by atoms with Gasteiger partial charge in [0.05, 0.1) is 11.8 Å². The molecule has 0 spiro atoms. The van der Waals surface area contributed by atoms with Crippen LogP contribution in [0.1, 0.15) is 12.8 Å². The quantitative estimate of drug-likeness (QED) is 0.385. The van der Waals surface area contributed by atoms with Crippen molar-refractivity contribution in [1.82, 2.24) is 0 Å². The van der Waals surface area contributed by atoms with Crippen LogP contribution in [0, 0.1) is 23.7 Å². The zero-order valence-corrected chi connectivity index (χ0v) is 11.0. The highest BCUT2D eigenvalue weighted by Gasteiger charge is 2.62. The summed E-state index contributed by atoms with van der Waals surface area (Å²) in [6.07, 6.45) is 2.04. The van der Waals surface area contributed by atoms with Gasteiger partial charge in [0, 0.05) is 9.65 Å². The smallest absolute Gasteiger partial charge is 0.317 e. The molecule has 0 unspecified atom stereocenters. The van der Waals surface area contributed by atoms with Crippen LogP contribution in [0.3, 0.4) is 0 Å². The van der Waals surface area contributed by atoms with Crippen molar-refractivity contribution in [3.8, 4) is 0 Å². The fourth-order valence-electron chi connectivity index (χ4n) is 3.34. The lowest BCUT2D eigenvalue weighted by atomic mass is 9.59. The van der Waals surface area contributed by atoms with Crippen LogP contribution in [0.2, 0.25) is 0 Å². The summed E-state index contributed by atoms with van der Waals surface area (Å²) in [4.78, 5) is 23.7. The number of fused-ring (bicyclic) bond motifs is 2. The van der Waals surface area contributed by atoms with E-state index in [9.17, 15) is 9.59 Å². The Morgan fingerprint density at radius 3 is 1.73 bits per heavy atom. The molecule has 1 saturated heterocycles. The Morgan fingerprint density at radius 2 is 1.33 bits per heavy atom. The average Bonchev–Trinajstić information content (AvgIpc) is 2.51. The molecular formula is C10H10Br2O3. The van der Waals surface area contributed by atoms with Gasteiger partial charge in [-0.05, 0) is 24.7 Å². The van der Waals surface area contributed by atoms with Gasteiger partial charge in [0.2, 0.25) is 0 Å². The summed E-state index contributed by atoms with van der Waals surface area (Å²) >= 11 is 7.26. The fourth-order valence-corrected chi connectivity index (χ4v) is 5.31. The van der Waals surface area contributed by atoms with Crippen LogP contribution in [0.25, 0.3) is 0 Å². The predicted molar refractivity (Wildman–Crippen MR) is 59.7 cm³/mol. The van der Waals surface area contributed by atoms with Gasteiger partial charge < -0.3 is 4.74 Å². The topological polar surface area (TPSA) is 43.4 Å². The first-order valence-corrected chi connectivity index (χ1v) is 6.98. The van der Waals surface area contributed by atoms with Crippen molar-refractivity contribution in [2.75, 3.05) is 0 Å². The highest BCUT2D eigenvalue weighted by atomic mass is 79.9. The van der Waals surface area contributed by atoms with Crippen LogP contribution in [-0.4, -0.2) is 21.6 Å². The first-order chi connectivity index (χ1) is 7.11. The van der Waals surface area contributed by atoms with E-state index in [1.807, 2.05) is 0 Å². The number of hydrogen-bond acceptors (Lipinski definition) is 3. The van der Waals surface area contributed by atoms with Crippen molar-refractivity contribution in [3.63, 3.8) is 0 Å². The Hall–Kier alpha value is 0.1000. The van der Waals surface area contributed by atoms with Gasteiger partial charge in [0.1, 0.15) is 0 Å². The molecule has 0 aromatic heterocycles. The van der Waals surface area contributed by atoms with Crippen molar-refractivity contribution in [2.24, 2.45) is 23.7 Å². The third kappa shape index (κ3) is 1.22. The minimum Gasteiger partial charge on any atom is -0.393 e. The van der Waals surface area contributed by atoms with E-state index in [-0.39, 0.29) is 45.3 Å². The van der Waals surface area contributed by atoms with E-state index < -0.39 is 0 Å². The Morgan fingerprint density at radius 1 is 0.933 bits per heavy atom. The Kier molecular flexibility index (Phi) is 2.26. The summed E-state index contributed by atoms with van der Waals surface area (Å²) in [7, 11) is 0. The Bertz CT molecular complexity index is 312. The van der Waals surface area contributed by atoms with E-state index in [1.54, 1.807) is 0 Å². The van der Waals surface area contributed by atoms with Crippen molar-refractivity contribution in [3.05, 3.63) is 0 Å². The summed E-state index contributed by atoms with van der Waals surface area (Å²) in [6.45, 7) is 0. The summed E-state index contributed by atoms with van der Waals surface area (Å²) in [6, 6.07) is 0. The van der Waals surface area contributed by atoms with Crippen LogP contribution in [-0.2, 0) is 14.3 Å². The molecule has 1 aliphatic heterocycles. The second-order valence-electron chi connectivity index (χ2n) is 4.59. The molecular weight excluding hydrogens is 328 g/mol. The van der Waals surface area contributed by atoms with Gasteiger partial charge in [-0.3, -0.25) is 9.59 Å². The molecule has 2 bridgehead atoms. The van der Waals surface area contributed by atoms with Crippen LogP contribution in [0.15, 0.2) is 0 Å². The zero-order chi connectivity index (χ0) is 10.7. The number of ether oxygens (including phenoxy) is 1. The molecule has 3 aliphatic carbocycles. The van der Waals surface area contributed by atoms with Crippen LogP contribution in [0.4, 0.5) is 0 Å². The summed E-state index contributed by atoms with van der Waals surface area (Å²) < 4.78 is 4.77. The number of cyclic esters (lactones) is 2. The van der Waals surface area contributed by atoms with Gasteiger partial charge in [-0.25, -0.2) is 0 Å². The number of alkyl halides is 2. The highest BCUT2D eigenvalue weighted by molar-refractivity contribution is 9.12. The molecule has 0 radical (unpaired) electrons. The number of carbonyl (C=O) groups excluding carboxylic acids is 2. The minimum atomic E-state index is -0.302.